The van der Waals surface area contributed by atoms with Gasteiger partial charge in [-0.1, -0.05) is 0 Å². The van der Waals surface area contributed by atoms with Gasteiger partial charge in [0.2, 0.25) is 11.8 Å². The van der Waals surface area contributed by atoms with Gasteiger partial charge < -0.3 is 19.0 Å². The molecule has 0 bridgehead atoms. The highest BCUT2D eigenvalue weighted by Crippen LogP contribution is 2.23. The maximum absolute atomic E-state index is 13.4. The summed E-state index contributed by atoms with van der Waals surface area (Å²) >= 11 is 0. The molecule has 2 aromatic rings. The molecule has 0 spiro atoms. The molecule has 2 aliphatic heterocycles. The maximum Gasteiger partial charge on any atom is 0.228 e. The van der Waals surface area contributed by atoms with E-state index in [0.29, 0.717) is 26.2 Å². The number of morpholine rings is 1. The molecule has 166 valence electrons. The Labute approximate surface area is 182 Å². The highest BCUT2D eigenvalue weighted by molar-refractivity contribution is 5.89. The first-order valence-corrected chi connectivity index (χ1v) is 11.0. The van der Waals surface area contributed by atoms with Crippen molar-refractivity contribution in [1.82, 2.24) is 19.7 Å². The van der Waals surface area contributed by atoms with Gasteiger partial charge in [-0.15, -0.1) is 0 Å². The summed E-state index contributed by atoms with van der Waals surface area (Å²) in [5.74, 6) is 0.481. The number of rotatable bonds is 9. The Morgan fingerprint density at radius 3 is 2.74 bits per heavy atom. The van der Waals surface area contributed by atoms with Crippen LogP contribution in [0.25, 0.3) is 0 Å². The molecule has 1 atom stereocenters. The van der Waals surface area contributed by atoms with Crippen molar-refractivity contribution in [3.8, 4) is 0 Å². The number of carbonyl (C=O) groups excluding carboxylic acids is 2. The van der Waals surface area contributed by atoms with E-state index in [9.17, 15) is 9.59 Å². The van der Waals surface area contributed by atoms with E-state index in [1.807, 2.05) is 29.2 Å². The molecule has 4 rings (SSSR count). The maximum atomic E-state index is 13.4. The van der Waals surface area contributed by atoms with E-state index >= 15 is 0 Å². The summed E-state index contributed by atoms with van der Waals surface area (Å²) in [6.07, 6.45) is 6.25. The van der Waals surface area contributed by atoms with Gasteiger partial charge in [0.25, 0.3) is 0 Å². The third-order valence-corrected chi connectivity index (χ3v) is 5.93. The first-order chi connectivity index (χ1) is 15.2. The van der Waals surface area contributed by atoms with Gasteiger partial charge >= 0.3 is 0 Å². The second-order valence-electron chi connectivity index (χ2n) is 8.18. The zero-order valence-corrected chi connectivity index (χ0v) is 17.8. The first kappa shape index (κ1) is 21.5. The van der Waals surface area contributed by atoms with Crippen LogP contribution in [-0.4, -0.2) is 77.4 Å². The van der Waals surface area contributed by atoms with Crippen molar-refractivity contribution in [3.05, 3.63) is 54.2 Å². The van der Waals surface area contributed by atoms with E-state index in [1.54, 1.807) is 23.6 Å². The van der Waals surface area contributed by atoms with E-state index in [0.717, 1.165) is 50.6 Å². The number of carbonyl (C=O) groups is 2. The summed E-state index contributed by atoms with van der Waals surface area (Å²) < 4.78 is 10.8. The summed E-state index contributed by atoms with van der Waals surface area (Å²) in [4.78, 5) is 36.0. The molecule has 0 aromatic carbocycles. The third kappa shape index (κ3) is 5.92. The Hall–Kier alpha value is -2.71. The molecule has 8 nitrogen and oxygen atoms in total. The van der Waals surface area contributed by atoms with Gasteiger partial charge in [0, 0.05) is 58.1 Å². The minimum absolute atomic E-state index is 0.00641. The molecule has 2 amide bonds. The summed E-state index contributed by atoms with van der Waals surface area (Å²) in [6.45, 7) is 6.43. The third-order valence-electron chi connectivity index (χ3n) is 5.93. The van der Waals surface area contributed by atoms with Crippen LogP contribution >= 0.6 is 0 Å². The number of furan rings is 1. The normalized spacial score (nSPS) is 19.7. The van der Waals surface area contributed by atoms with Crippen LogP contribution in [-0.2, 0) is 27.4 Å². The molecule has 2 aliphatic rings. The number of nitrogens with zero attached hydrogens (tertiary/aromatic N) is 4. The topological polar surface area (TPSA) is 79.1 Å². The molecule has 2 fully saturated rings. The van der Waals surface area contributed by atoms with Crippen molar-refractivity contribution >= 4 is 11.8 Å². The number of ether oxygens (including phenoxy) is 1. The fourth-order valence-electron chi connectivity index (χ4n) is 4.22. The van der Waals surface area contributed by atoms with Gasteiger partial charge in [0.1, 0.15) is 5.76 Å². The number of likely N-dealkylation sites (tertiary alicyclic amines) is 1. The van der Waals surface area contributed by atoms with Crippen LogP contribution in [0, 0.1) is 5.92 Å². The Kier molecular flexibility index (Phi) is 7.32. The van der Waals surface area contributed by atoms with E-state index < -0.39 is 0 Å². The minimum atomic E-state index is -0.312. The molecule has 4 heterocycles. The number of hydrogen-bond donors (Lipinski definition) is 0. The summed E-state index contributed by atoms with van der Waals surface area (Å²) in [5.41, 5.74) is 1.05. The summed E-state index contributed by atoms with van der Waals surface area (Å²) in [7, 11) is 0. The zero-order chi connectivity index (χ0) is 21.5. The SMILES string of the molecule is O=C1CC(C(=O)N(CCCN2CCOCC2)Cc2ccncc2)CN1Cc1ccco1. The van der Waals surface area contributed by atoms with Crippen molar-refractivity contribution in [2.75, 3.05) is 45.9 Å². The highest BCUT2D eigenvalue weighted by atomic mass is 16.5. The van der Waals surface area contributed by atoms with Crippen LogP contribution in [0.1, 0.15) is 24.2 Å². The Morgan fingerprint density at radius 1 is 1.19 bits per heavy atom. The number of aromatic nitrogens is 1. The molecule has 0 aliphatic carbocycles. The van der Waals surface area contributed by atoms with Crippen LogP contribution < -0.4 is 0 Å². The fourth-order valence-corrected chi connectivity index (χ4v) is 4.22. The van der Waals surface area contributed by atoms with Gasteiger partial charge in [0.05, 0.1) is 31.9 Å². The predicted molar refractivity (Wildman–Crippen MR) is 114 cm³/mol. The molecular formula is C23H30N4O4. The van der Waals surface area contributed by atoms with Crippen molar-refractivity contribution < 1.29 is 18.7 Å². The first-order valence-electron chi connectivity index (χ1n) is 11.0. The van der Waals surface area contributed by atoms with E-state index in [2.05, 4.69) is 9.88 Å². The number of pyridine rings is 1. The lowest BCUT2D eigenvalue weighted by molar-refractivity contribution is -0.136. The fraction of sp³-hybridized carbons (Fsp3) is 0.522. The Bertz CT molecular complexity index is 837. The van der Waals surface area contributed by atoms with E-state index in [-0.39, 0.29) is 24.2 Å². The van der Waals surface area contributed by atoms with E-state index in [1.165, 1.54) is 0 Å². The molecule has 0 radical (unpaired) electrons. The summed E-state index contributed by atoms with van der Waals surface area (Å²) in [5, 5.41) is 0. The van der Waals surface area contributed by atoms with Crippen molar-refractivity contribution in [2.24, 2.45) is 5.92 Å². The van der Waals surface area contributed by atoms with Gasteiger partial charge in [-0.2, -0.15) is 0 Å². The molecule has 0 N–H and O–H groups in total. The van der Waals surface area contributed by atoms with Crippen LogP contribution in [0.3, 0.4) is 0 Å². The quantitative estimate of drug-likeness (QED) is 0.608. The number of hydrogen-bond acceptors (Lipinski definition) is 6. The predicted octanol–water partition coefficient (Wildman–Crippen LogP) is 1.77. The summed E-state index contributed by atoms with van der Waals surface area (Å²) in [6, 6.07) is 7.53. The van der Waals surface area contributed by atoms with Crippen molar-refractivity contribution in [3.63, 3.8) is 0 Å². The van der Waals surface area contributed by atoms with Crippen LogP contribution in [0.2, 0.25) is 0 Å². The van der Waals surface area contributed by atoms with Gasteiger partial charge in [-0.05, 0) is 36.2 Å². The van der Waals surface area contributed by atoms with Crippen LogP contribution in [0.4, 0.5) is 0 Å². The zero-order valence-electron chi connectivity index (χ0n) is 17.8. The second-order valence-corrected chi connectivity index (χ2v) is 8.18. The van der Waals surface area contributed by atoms with Gasteiger partial charge in [-0.25, -0.2) is 0 Å². The molecule has 31 heavy (non-hydrogen) atoms. The molecule has 1 unspecified atom stereocenters. The lowest BCUT2D eigenvalue weighted by Gasteiger charge is -2.29. The highest BCUT2D eigenvalue weighted by Gasteiger charge is 2.36. The largest absolute Gasteiger partial charge is 0.467 e. The average Bonchev–Trinajstić information content (AvgIpc) is 3.44. The lowest BCUT2D eigenvalue weighted by Crippen LogP contribution is -2.40. The van der Waals surface area contributed by atoms with Crippen molar-refractivity contribution in [2.45, 2.75) is 25.9 Å². The smallest absolute Gasteiger partial charge is 0.228 e. The Morgan fingerprint density at radius 2 is 2.00 bits per heavy atom. The average molecular weight is 427 g/mol. The van der Waals surface area contributed by atoms with Crippen LogP contribution in [0.15, 0.2) is 47.3 Å². The molecule has 8 heteroatoms. The lowest BCUT2D eigenvalue weighted by atomic mass is 10.1. The monoisotopic (exact) mass is 426 g/mol. The van der Waals surface area contributed by atoms with Gasteiger partial charge in [0.15, 0.2) is 0 Å². The van der Waals surface area contributed by atoms with Gasteiger partial charge in [-0.3, -0.25) is 19.5 Å². The molecule has 0 saturated carbocycles. The second kappa shape index (κ2) is 10.5. The molecular weight excluding hydrogens is 396 g/mol. The minimum Gasteiger partial charge on any atom is -0.467 e. The van der Waals surface area contributed by atoms with E-state index in [4.69, 9.17) is 9.15 Å². The standard InChI is InChI=1S/C23H30N4O4/c28-22-15-20(17-27(22)18-21-3-1-12-31-21)23(29)26(16-19-4-6-24-7-5-19)9-2-8-25-10-13-30-14-11-25/h1,3-7,12,20H,2,8-11,13-18H2. The number of amides is 2. The molecule has 2 aromatic heterocycles. The molecule has 2 saturated heterocycles. The van der Waals surface area contributed by atoms with Crippen molar-refractivity contribution in [1.29, 1.82) is 0 Å². The Balaban J connectivity index is 1.37. The van der Waals surface area contributed by atoms with Crippen LogP contribution in [0.5, 0.6) is 0 Å².